The summed E-state index contributed by atoms with van der Waals surface area (Å²) >= 11 is 0. The highest BCUT2D eigenvalue weighted by molar-refractivity contribution is 5.93. The van der Waals surface area contributed by atoms with E-state index in [0.29, 0.717) is 18.2 Å². The number of carbonyl (C=O) groups excluding carboxylic acids is 1. The normalized spacial score (nSPS) is 20.8. The van der Waals surface area contributed by atoms with Crippen LogP contribution in [0.2, 0.25) is 0 Å². The largest absolute Gasteiger partial charge is 0.378 e. The maximum absolute atomic E-state index is 12.8. The number of hydrazone groups is 1. The summed E-state index contributed by atoms with van der Waals surface area (Å²) in [6, 6.07) is 0. The van der Waals surface area contributed by atoms with E-state index in [-0.39, 0.29) is 17.3 Å². The molecule has 3 heterocycles. The van der Waals surface area contributed by atoms with Gasteiger partial charge in [-0.25, -0.2) is 10.1 Å². The number of anilines is 1. The van der Waals surface area contributed by atoms with Crippen LogP contribution in [-0.2, 0) is 6.54 Å². The van der Waals surface area contributed by atoms with Crippen molar-refractivity contribution in [1.82, 2.24) is 40.5 Å². The van der Waals surface area contributed by atoms with Crippen LogP contribution < -0.4 is 11.2 Å². The Kier molecular flexibility index (Phi) is 6.14. The lowest BCUT2D eigenvalue weighted by Gasteiger charge is -2.32. The first kappa shape index (κ1) is 20.2. The second-order valence-electron chi connectivity index (χ2n) is 7.61. The topological polar surface area (TPSA) is 144 Å². The Hall–Kier alpha value is -3.12. The fourth-order valence-electron chi connectivity index (χ4n) is 3.55. The van der Waals surface area contributed by atoms with Gasteiger partial charge in [0.05, 0.1) is 5.69 Å². The first-order chi connectivity index (χ1) is 14.6. The zero-order valence-corrected chi connectivity index (χ0v) is 16.9. The maximum Gasteiger partial charge on any atom is 0.293 e. The van der Waals surface area contributed by atoms with Crippen molar-refractivity contribution in [3.63, 3.8) is 0 Å². The van der Waals surface area contributed by atoms with Gasteiger partial charge in [-0.15, -0.1) is 5.10 Å². The summed E-state index contributed by atoms with van der Waals surface area (Å²) in [6.07, 6.45) is 9.07. The van der Waals surface area contributed by atoms with Crippen LogP contribution >= 0.6 is 0 Å². The van der Waals surface area contributed by atoms with Gasteiger partial charge in [-0.05, 0) is 42.5 Å². The van der Waals surface area contributed by atoms with Crippen molar-refractivity contribution in [2.75, 3.05) is 39.0 Å². The molecular weight excluding hydrogens is 388 g/mol. The van der Waals surface area contributed by atoms with Gasteiger partial charge >= 0.3 is 0 Å². The molecule has 30 heavy (non-hydrogen) atoms. The standard InChI is InChI=1S/C18H26N10O2/c1-26-7-9-27(10-8-26)12-14-15(21-25-28(14)17-16(19)23-30-24-17)18(29)22-20-11-13-5-3-2-4-6-13/h2-3,11,13H,4-10,12H2,1H3,(H2,19,23)(H,22,29)/b20-11-/t13-/m1/s1. The second kappa shape index (κ2) is 9.13. The van der Waals surface area contributed by atoms with Crippen molar-refractivity contribution in [2.24, 2.45) is 11.0 Å². The Morgan fingerprint density at radius 2 is 2.17 bits per heavy atom. The van der Waals surface area contributed by atoms with Crippen molar-refractivity contribution < 1.29 is 9.42 Å². The van der Waals surface area contributed by atoms with Crippen LogP contribution in [0.15, 0.2) is 21.9 Å². The minimum atomic E-state index is -0.428. The highest BCUT2D eigenvalue weighted by Crippen LogP contribution is 2.19. The lowest BCUT2D eigenvalue weighted by atomic mass is 9.96. The molecule has 1 fully saturated rings. The number of nitrogen functional groups attached to an aromatic ring is 1. The Morgan fingerprint density at radius 1 is 1.33 bits per heavy atom. The van der Waals surface area contributed by atoms with Gasteiger partial charge < -0.3 is 10.6 Å². The predicted molar refractivity (Wildman–Crippen MR) is 109 cm³/mol. The van der Waals surface area contributed by atoms with Crippen molar-refractivity contribution in [1.29, 1.82) is 0 Å². The molecule has 160 valence electrons. The number of piperazine rings is 1. The van der Waals surface area contributed by atoms with Crippen LogP contribution in [-0.4, -0.2) is 80.5 Å². The summed E-state index contributed by atoms with van der Waals surface area (Å²) in [6.45, 7) is 4.08. The third-order valence-electron chi connectivity index (χ3n) is 5.40. The smallest absolute Gasteiger partial charge is 0.293 e. The van der Waals surface area contributed by atoms with E-state index < -0.39 is 5.91 Å². The molecule has 2 aromatic rings. The number of hydrogen-bond acceptors (Lipinski definition) is 10. The fourth-order valence-corrected chi connectivity index (χ4v) is 3.55. The molecule has 2 aliphatic rings. The van der Waals surface area contributed by atoms with Crippen LogP contribution in [0.5, 0.6) is 0 Å². The summed E-state index contributed by atoms with van der Waals surface area (Å²) < 4.78 is 6.11. The lowest BCUT2D eigenvalue weighted by molar-refractivity contribution is 0.0945. The van der Waals surface area contributed by atoms with Gasteiger partial charge in [-0.1, -0.05) is 17.4 Å². The van der Waals surface area contributed by atoms with Crippen molar-refractivity contribution in [3.8, 4) is 5.82 Å². The number of hydrogen-bond donors (Lipinski definition) is 2. The molecule has 0 radical (unpaired) electrons. The van der Waals surface area contributed by atoms with E-state index in [0.717, 1.165) is 45.4 Å². The molecule has 12 nitrogen and oxygen atoms in total. The number of allylic oxidation sites excluding steroid dienone is 2. The number of likely N-dealkylation sites (N-methyl/N-ethyl adjacent to an activating group) is 1. The quantitative estimate of drug-likeness (QED) is 0.381. The van der Waals surface area contributed by atoms with Crippen molar-refractivity contribution in [3.05, 3.63) is 23.5 Å². The molecule has 0 unspecified atom stereocenters. The van der Waals surface area contributed by atoms with E-state index in [2.05, 4.69) is 60.2 Å². The highest BCUT2D eigenvalue weighted by Gasteiger charge is 2.26. The van der Waals surface area contributed by atoms with Crippen molar-refractivity contribution >= 4 is 17.9 Å². The van der Waals surface area contributed by atoms with Gasteiger partial charge in [0.15, 0.2) is 5.69 Å². The molecule has 0 spiro atoms. The Balaban J connectivity index is 1.53. The number of amides is 1. The number of nitrogens with two attached hydrogens (primary N) is 1. The van der Waals surface area contributed by atoms with Gasteiger partial charge in [0.25, 0.3) is 5.91 Å². The lowest BCUT2D eigenvalue weighted by Crippen LogP contribution is -2.44. The van der Waals surface area contributed by atoms with E-state index in [1.54, 1.807) is 6.21 Å². The zero-order valence-electron chi connectivity index (χ0n) is 16.9. The zero-order chi connectivity index (χ0) is 20.9. The molecule has 0 bridgehead atoms. The second-order valence-corrected chi connectivity index (χ2v) is 7.61. The van der Waals surface area contributed by atoms with Crippen LogP contribution in [0, 0.1) is 5.92 Å². The first-order valence-corrected chi connectivity index (χ1v) is 10.0. The van der Waals surface area contributed by atoms with Crippen molar-refractivity contribution in [2.45, 2.75) is 25.8 Å². The Morgan fingerprint density at radius 3 is 2.87 bits per heavy atom. The monoisotopic (exact) mass is 414 g/mol. The van der Waals surface area contributed by atoms with E-state index in [4.69, 9.17) is 10.4 Å². The van der Waals surface area contributed by atoms with Crippen LogP contribution in [0.4, 0.5) is 5.82 Å². The van der Waals surface area contributed by atoms with Gasteiger partial charge in [-0.2, -0.15) is 9.78 Å². The fraction of sp³-hybridized carbons (Fsp3) is 0.556. The SMILES string of the molecule is CN1CCN(Cc2c(C(=O)N/N=C\[C@@H]3CC=CCC3)nnn2-c2nonc2N)CC1. The molecule has 1 aliphatic carbocycles. The number of nitrogens with one attached hydrogen (secondary N) is 1. The minimum absolute atomic E-state index is 0.0786. The van der Waals surface area contributed by atoms with Crippen LogP contribution in [0.1, 0.15) is 35.4 Å². The predicted octanol–water partition coefficient (Wildman–Crippen LogP) is 0.0518. The number of rotatable bonds is 6. The number of nitrogens with zero attached hydrogens (tertiary/aromatic N) is 8. The molecule has 1 amide bonds. The van der Waals surface area contributed by atoms with Crippen LogP contribution in [0.3, 0.4) is 0 Å². The van der Waals surface area contributed by atoms with Gasteiger partial charge in [-0.3, -0.25) is 9.69 Å². The summed E-state index contributed by atoms with van der Waals surface area (Å²) in [5, 5.41) is 19.7. The van der Waals surface area contributed by atoms with Gasteiger partial charge in [0, 0.05) is 38.9 Å². The minimum Gasteiger partial charge on any atom is -0.378 e. The van der Waals surface area contributed by atoms with Crippen LogP contribution in [0.25, 0.3) is 5.82 Å². The third-order valence-corrected chi connectivity index (χ3v) is 5.40. The number of aromatic nitrogens is 5. The molecule has 0 aromatic carbocycles. The summed E-state index contributed by atoms with van der Waals surface area (Å²) in [5.41, 5.74) is 9.16. The summed E-state index contributed by atoms with van der Waals surface area (Å²) in [4.78, 5) is 17.3. The van der Waals surface area contributed by atoms with E-state index in [1.807, 2.05) is 0 Å². The summed E-state index contributed by atoms with van der Waals surface area (Å²) in [5.74, 6) is 0.192. The average Bonchev–Trinajstić information content (AvgIpc) is 3.36. The molecule has 1 aliphatic heterocycles. The van der Waals surface area contributed by atoms with E-state index in [1.165, 1.54) is 4.68 Å². The highest BCUT2D eigenvalue weighted by atomic mass is 16.6. The molecule has 4 rings (SSSR count). The van der Waals surface area contributed by atoms with Gasteiger partial charge in [0.2, 0.25) is 11.6 Å². The molecule has 12 heteroatoms. The number of carbonyl (C=O) groups is 1. The maximum atomic E-state index is 12.8. The average molecular weight is 414 g/mol. The van der Waals surface area contributed by atoms with Gasteiger partial charge in [0.1, 0.15) is 0 Å². The Bertz CT molecular complexity index is 925. The molecular formula is C18H26N10O2. The summed E-state index contributed by atoms with van der Waals surface area (Å²) in [7, 11) is 2.09. The molecule has 1 atom stereocenters. The van der Waals surface area contributed by atoms with E-state index in [9.17, 15) is 4.79 Å². The molecule has 1 saturated heterocycles. The third kappa shape index (κ3) is 4.54. The van der Waals surface area contributed by atoms with E-state index >= 15 is 0 Å². The molecule has 3 N–H and O–H groups in total. The molecule has 2 aromatic heterocycles. The first-order valence-electron chi connectivity index (χ1n) is 10.0. The Labute approximate surface area is 173 Å². The molecule has 0 saturated carbocycles.